The molecule has 1 fully saturated rings. The predicted molar refractivity (Wildman–Crippen MR) is 147 cm³/mol. The zero-order valence-electron chi connectivity index (χ0n) is 20.5. The van der Waals surface area contributed by atoms with Gasteiger partial charge in [0.25, 0.3) is 5.91 Å². The Bertz CT molecular complexity index is 1340. The Morgan fingerprint density at radius 2 is 1.82 bits per heavy atom. The number of hydrogen-bond donors (Lipinski definition) is 4. The molecule has 1 aromatic heterocycles. The molecule has 6 N–H and O–H groups in total. The number of hydrogen-bond acceptors (Lipinski definition) is 9. The van der Waals surface area contributed by atoms with Crippen molar-refractivity contribution in [3.05, 3.63) is 39.0 Å². The third-order valence-electron chi connectivity index (χ3n) is 7.14. The van der Waals surface area contributed by atoms with Crippen molar-refractivity contribution >= 4 is 63.6 Å². The average molecular weight is 635 g/mol. The number of nitrogen functional groups attached to an aromatic ring is 2. The van der Waals surface area contributed by atoms with Crippen molar-refractivity contribution in [2.24, 2.45) is 4.99 Å². The minimum absolute atomic E-state index is 0.0337. The first kappa shape index (κ1) is 26.1. The van der Waals surface area contributed by atoms with Gasteiger partial charge >= 0.3 is 0 Å². The van der Waals surface area contributed by atoms with Gasteiger partial charge in [0.2, 0.25) is 11.8 Å². The summed E-state index contributed by atoms with van der Waals surface area (Å²) in [6, 6.07) is 4.42. The van der Waals surface area contributed by atoms with Gasteiger partial charge in [-0.25, -0.2) is 14.4 Å². The molecule has 14 heteroatoms. The van der Waals surface area contributed by atoms with E-state index in [0.717, 1.165) is 11.3 Å². The van der Waals surface area contributed by atoms with Crippen LogP contribution in [0.15, 0.2) is 23.2 Å². The maximum absolute atomic E-state index is 13.4. The van der Waals surface area contributed by atoms with E-state index in [2.05, 4.69) is 25.6 Å². The van der Waals surface area contributed by atoms with Crippen LogP contribution in [0.2, 0.25) is 0 Å². The summed E-state index contributed by atoms with van der Waals surface area (Å²) in [4.78, 5) is 54.1. The quantitative estimate of drug-likeness (QED) is 0.358. The lowest BCUT2D eigenvalue weighted by Crippen LogP contribution is -2.57. The van der Waals surface area contributed by atoms with Crippen molar-refractivity contribution in [1.29, 1.82) is 0 Å². The lowest BCUT2D eigenvalue weighted by molar-refractivity contribution is -0.134. The molecule has 0 unspecified atom stereocenters. The lowest BCUT2D eigenvalue weighted by atomic mass is 9.88. The molecule has 200 valence electrons. The summed E-state index contributed by atoms with van der Waals surface area (Å²) in [5.41, 5.74) is 12.6. The molecule has 0 atom stereocenters. The Morgan fingerprint density at radius 1 is 1.08 bits per heavy atom. The van der Waals surface area contributed by atoms with E-state index < -0.39 is 5.91 Å². The average Bonchev–Trinajstić information content (AvgIpc) is 3.48. The maximum Gasteiger partial charge on any atom is 0.280 e. The number of nitrogens with zero attached hydrogens (tertiary/aromatic N) is 5. The molecule has 1 spiro atoms. The Balaban J connectivity index is 1.09. The highest BCUT2D eigenvalue weighted by Crippen LogP contribution is 2.30. The van der Waals surface area contributed by atoms with Crippen LogP contribution < -0.4 is 27.0 Å². The van der Waals surface area contributed by atoms with Crippen molar-refractivity contribution < 1.29 is 18.8 Å². The number of anilines is 3. The third kappa shape index (κ3) is 5.21. The molecule has 0 saturated carbocycles. The fraction of sp³-hybridized carbons (Fsp3) is 0.417. The predicted octanol–water partition coefficient (Wildman–Crippen LogP) is 0.804. The van der Waals surface area contributed by atoms with E-state index in [1.165, 1.54) is 12.1 Å². The number of guanidine groups is 1. The van der Waals surface area contributed by atoms with Gasteiger partial charge in [0.1, 0.15) is 9.52 Å². The van der Waals surface area contributed by atoms with Crippen LogP contribution in [0.1, 0.15) is 41.7 Å². The van der Waals surface area contributed by atoms with Crippen LogP contribution in [0.3, 0.4) is 0 Å². The Labute approximate surface area is 231 Å². The second kappa shape index (κ2) is 10.3. The molecule has 3 aliphatic rings. The van der Waals surface area contributed by atoms with Crippen LogP contribution in [0.5, 0.6) is 0 Å². The number of benzene rings is 1. The van der Waals surface area contributed by atoms with Gasteiger partial charge in [0, 0.05) is 38.2 Å². The molecule has 1 aromatic carbocycles. The minimum Gasteiger partial charge on any atom is -0.382 e. The largest absolute Gasteiger partial charge is 0.382 e. The monoisotopic (exact) mass is 635 g/mol. The van der Waals surface area contributed by atoms with Crippen LogP contribution in [0.25, 0.3) is 0 Å². The van der Waals surface area contributed by atoms with Gasteiger partial charge in [-0.1, -0.05) is 0 Å². The zero-order chi connectivity index (χ0) is 27.0. The summed E-state index contributed by atoms with van der Waals surface area (Å²) in [6.07, 6.45) is 2.11. The van der Waals surface area contributed by atoms with E-state index in [9.17, 15) is 18.8 Å². The van der Waals surface area contributed by atoms with Crippen LogP contribution in [0, 0.1) is 9.52 Å². The number of aromatic nitrogens is 2. The zero-order valence-corrected chi connectivity index (χ0v) is 22.6. The molecule has 38 heavy (non-hydrogen) atoms. The van der Waals surface area contributed by atoms with E-state index in [1.54, 1.807) is 15.9 Å². The minimum atomic E-state index is -0.542. The Morgan fingerprint density at radius 3 is 2.58 bits per heavy atom. The fourth-order valence-electron chi connectivity index (χ4n) is 5.01. The van der Waals surface area contributed by atoms with Crippen molar-refractivity contribution in [2.75, 3.05) is 42.5 Å². The van der Waals surface area contributed by atoms with Crippen LogP contribution in [-0.2, 0) is 16.0 Å². The molecule has 4 heterocycles. The first-order valence-corrected chi connectivity index (χ1v) is 13.3. The number of carbonyl (C=O) groups excluding carboxylic acids is 3. The SMILES string of the molecule is Nc1nc(N)c(C(=O)NC2=NCC3(CCN(C(=O)CCC(=O)N4CCc5cc(F)ccc54)CC3)N2)nc1I. The maximum atomic E-state index is 13.4. The summed E-state index contributed by atoms with van der Waals surface area (Å²) in [7, 11) is 0. The second-order valence-electron chi connectivity index (χ2n) is 9.61. The van der Waals surface area contributed by atoms with Crippen LogP contribution in [0.4, 0.5) is 21.7 Å². The first-order chi connectivity index (χ1) is 18.1. The number of carbonyl (C=O) groups is 3. The molecule has 3 aliphatic heterocycles. The van der Waals surface area contributed by atoms with E-state index in [0.29, 0.717) is 55.1 Å². The molecule has 1 saturated heterocycles. The van der Waals surface area contributed by atoms with Gasteiger partial charge < -0.3 is 26.6 Å². The Hall–Kier alpha value is -3.56. The highest BCUT2D eigenvalue weighted by Gasteiger charge is 2.40. The van der Waals surface area contributed by atoms with Crippen molar-refractivity contribution in [3.8, 4) is 0 Å². The molecule has 12 nitrogen and oxygen atoms in total. The highest BCUT2D eigenvalue weighted by atomic mass is 127. The molecule has 2 aromatic rings. The summed E-state index contributed by atoms with van der Waals surface area (Å²) in [5, 5.41) is 5.98. The van der Waals surface area contributed by atoms with Gasteiger partial charge in [-0.3, -0.25) is 24.7 Å². The summed E-state index contributed by atoms with van der Waals surface area (Å²) < 4.78 is 13.8. The number of fused-ring (bicyclic) bond motifs is 1. The number of nitrogens with two attached hydrogens (primary N) is 2. The van der Waals surface area contributed by atoms with Gasteiger partial charge in [0.15, 0.2) is 23.3 Å². The van der Waals surface area contributed by atoms with E-state index in [4.69, 9.17) is 11.5 Å². The summed E-state index contributed by atoms with van der Waals surface area (Å²) in [5.74, 6) is -0.668. The normalized spacial score (nSPS) is 17.7. The van der Waals surface area contributed by atoms with Gasteiger partial charge in [0.05, 0.1) is 12.1 Å². The van der Waals surface area contributed by atoms with E-state index >= 15 is 0 Å². The van der Waals surface area contributed by atoms with Gasteiger partial charge in [-0.15, -0.1) is 0 Å². The number of rotatable bonds is 4. The molecule has 5 rings (SSSR count). The van der Waals surface area contributed by atoms with Gasteiger partial charge in [-0.2, -0.15) is 0 Å². The van der Waals surface area contributed by atoms with Crippen LogP contribution in [-0.4, -0.2) is 70.3 Å². The van der Waals surface area contributed by atoms with E-state index in [1.807, 2.05) is 22.6 Å². The lowest BCUT2D eigenvalue weighted by Gasteiger charge is -2.39. The van der Waals surface area contributed by atoms with Crippen molar-refractivity contribution in [1.82, 2.24) is 25.5 Å². The highest BCUT2D eigenvalue weighted by molar-refractivity contribution is 14.1. The molecule has 0 bridgehead atoms. The van der Waals surface area contributed by atoms with E-state index in [-0.39, 0.29) is 53.3 Å². The molecule has 3 amide bonds. The number of aliphatic imine (C=N–C) groups is 1. The number of nitrogens with one attached hydrogen (secondary N) is 2. The number of halogens is 2. The summed E-state index contributed by atoms with van der Waals surface area (Å²) >= 11 is 1.88. The third-order valence-corrected chi connectivity index (χ3v) is 7.93. The van der Waals surface area contributed by atoms with Crippen molar-refractivity contribution in [3.63, 3.8) is 0 Å². The number of likely N-dealkylation sites (tertiary alicyclic amines) is 1. The van der Waals surface area contributed by atoms with Crippen molar-refractivity contribution in [2.45, 2.75) is 37.6 Å². The molecular weight excluding hydrogens is 608 g/mol. The van der Waals surface area contributed by atoms with Crippen LogP contribution >= 0.6 is 22.6 Å². The first-order valence-electron chi connectivity index (χ1n) is 12.2. The second-order valence-corrected chi connectivity index (χ2v) is 10.6. The number of amides is 3. The van der Waals surface area contributed by atoms with Gasteiger partial charge in [-0.05, 0) is 65.6 Å². The molecule has 0 radical (unpaired) electrons. The standard InChI is InChI=1S/C24H27FIN9O3/c25-14-1-2-15-13(11-14)5-8-35(15)17(37)4-3-16(36)34-9-6-24(7-10-34)12-29-23(33-24)32-22(38)18-20(27)31-21(28)19(26)30-18/h1-2,11H,3-10,12H2,(H4,27,28,31)(H2,29,32,33,38). The molecular formula is C24H27FIN9O3. The smallest absolute Gasteiger partial charge is 0.280 e. The topological polar surface area (TPSA) is 172 Å². The summed E-state index contributed by atoms with van der Waals surface area (Å²) in [6.45, 7) is 1.98. The molecule has 0 aliphatic carbocycles. The Kier molecular flexibility index (Phi) is 7.07. The number of piperidine rings is 1. The fourth-order valence-corrected chi connectivity index (χ4v) is 5.37.